The molecule has 0 aliphatic carbocycles. The molecule has 1 aromatic heterocycles. The third kappa shape index (κ3) is 5.22. The van der Waals surface area contributed by atoms with Gasteiger partial charge in [-0.1, -0.05) is 18.2 Å². The Balaban J connectivity index is 1.65. The highest BCUT2D eigenvalue weighted by Gasteiger charge is 2.49. The van der Waals surface area contributed by atoms with Crippen LogP contribution in [-0.2, 0) is 10.1 Å². The molecular formula is C21H13F3N4O6S. The van der Waals surface area contributed by atoms with Crippen LogP contribution in [0.15, 0.2) is 73.1 Å². The van der Waals surface area contributed by atoms with Crippen molar-refractivity contribution in [1.29, 1.82) is 0 Å². The number of anilines is 2. The number of alkyl halides is 3. The van der Waals surface area contributed by atoms with Crippen LogP contribution in [0.4, 0.5) is 30.4 Å². The zero-order valence-corrected chi connectivity index (χ0v) is 18.1. The summed E-state index contributed by atoms with van der Waals surface area (Å²) in [5, 5.41) is 14.4. The van der Waals surface area contributed by atoms with Gasteiger partial charge < -0.3 is 14.2 Å². The predicted octanol–water partition coefficient (Wildman–Crippen LogP) is 5.30. The molecule has 0 spiro atoms. The summed E-state index contributed by atoms with van der Waals surface area (Å²) in [7, 11) is -6.14. The molecule has 10 nitrogen and oxygen atoms in total. The smallest absolute Gasteiger partial charge is 0.457 e. The van der Waals surface area contributed by atoms with Gasteiger partial charge in [0.15, 0.2) is 0 Å². The van der Waals surface area contributed by atoms with Crippen molar-refractivity contribution in [2.75, 3.05) is 5.32 Å². The van der Waals surface area contributed by atoms with Gasteiger partial charge in [0.25, 0.3) is 0 Å². The summed E-state index contributed by atoms with van der Waals surface area (Å²) in [5.41, 5.74) is -6.38. The number of fused-ring (bicyclic) bond motifs is 1. The lowest BCUT2D eigenvalue weighted by atomic mass is 10.2. The molecular weight excluding hydrogens is 493 g/mol. The van der Waals surface area contributed by atoms with Gasteiger partial charge in [-0.3, -0.25) is 10.1 Å². The molecule has 0 saturated heterocycles. The fourth-order valence-electron chi connectivity index (χ4n) is 2.91. The second kappa shape index (κ2) is 9.06. The van der Waals surface area contributed by atoms with E-state index in [1.165, 1.54) is 0 Å². The first-order chi connectivity index (χ1) is 16.5. The van der Waals surface area contributed by atoms with Gasteiger partial charge in [0.1, 0.15) is 23.6 Å². The van der Waals surface area contributed by atoms with E-state index in [1.807, 2.05) is 18.2 Å². The number of nitrogens with one attached hydrogen (secondary N) is 1. The van der Waals surface area contributed by atoms with Crippen LogP contribution in [0.5, 0.6) is 17.2 Å². The molecule has 0 fully saturated rings. The summed E-state index contributed by atoms with van der Waals surface area (Å²) >= 11 is 0. The van der Waals surface area contributed by atoms with Gasteiger partial charge in [-0.15, -0.1) is 0 Å². The third-order valence-electron chi connectivity index (χ3n) is 4.49. The van der Waals surface area contributed by atoms with Crippen LogP contribution in [0.25, 0.3) is 10.9 Å². The van der Waals surface area contributed by atoms with Gasteiger partial charge in [-0.2, -0.15) is 21.6 Å². The maximum Gasteiger partial charge on any atom is 0.534 e. The maximum atomic E-state index is 12.7. The molecule has 3 aromatic carbocycles. The standard InChI is InChI=1S/C21H13F3N4O6S/c22-21(23,24)35(31,32)34-19-11-17-16(10-18(19)28(29)30)20(26-12-25-17)27-13-6-8-15(9-7-13)33-14-4-2-1-3-5-14/h1-12H,(H,25,26,27). The summed E-state index contributed by atoms with van der Waals surface area (Å²) in [5.74, 6) is 0.123. The maximum absolute atomic E-state index is 12.7. The number of halogens is 3. The highest BCUT2D eigenvalue weighted by Crippen LogP contribution is 2.37. The first-order valence-electron chi connectivity index (χ1n) is 9.57. The van der Waals surface area contributed by atoms with Crippen molar-refractivity contribution in [2.45, 2.75) is 5.51 Å². The molecule has 0 aliphatic heterocycles. The Morgan fingerprint density at radius 2 is 1.60 bits per heavy atom. The minimum Gasteiger partial charge on any atom is -0.457 e. The lowest BCUT2D eigenvalue weighted by Crippen LogP contribution is -2.28. The van der Waals surface area contributed by atoms with E-state index in [2.05, 4.69) is 19.5 Å². The molecule has 0 saturated carbocycles. The monoisotopic (exact) mass is 506 g/mol. The molecule has 180 valence electrons. The van der Waals surface area contributed by atoms with E-state index in [0.29, 0.717) is 17.2 Å². The van der Waals surface area contributed by atoms with E-state index in [-0.39, 0.29) is 16.7 Å². The van der Waals surface area contributed by atoms with E-state index >= 15 is 0 Å². The van der Waals surface area contributed by atoms with Crippen molar-refractivity contribution in [2.24, 2.45) is 0 Å². The number of rotatable bonds is 7. The summed E-state index contributed by atoms with van der Waals surface area (Å²) < 4.78 is 70.5. The fraction of sp³-hybridized carbons (Fsp3) is 0.0476. The zero-order chi connectivity index (χ0) is 25.2. The quantitative estimate of drug-likeness (QED) is 0.153. The fourth-order valence-corrected chi connectivity index (χ4v) is 3.38. The lowest BCUT2D eigenvalue weighted by Gasteiger charge is -2.12. The molecule has 0 atom stereocenters. The van der Waals surface area contributed by atoms with Crippen LogP contribution in [-0.4, -0.2) is 28.8 Å². The van der Waals surface area contributed by atoms with Crippen LogP contribution in [0.3, 0.4) is 0 Å². The second-order valence-electron chi connectivity index (χ2n) is 6.86. The van der Waals surface area contributed by atoms with Crippen LogP contribution in [0.1, 0.15) is 0 Å². The number of ether oxygens (including phenoxy) is 1. The van der Waals surface area contributed by atoms with Crippen LogP contribution < -0.4 is 14.2 Å². The summed E-state index contributed by atoms with van der Waals surface area (Å²) in [6.45, 7) is 0. The number of nitrogens with zero attached hydrogens (tertiary/aromatic N) is 3. The number of hydrogen-bond donors (Lipinski definition) is 1. The minimum atomic E-state index is -6.14. The number of para-hydroxylation sites is 1. The molecule has 14 heteroatoms. The van der Waals surface area contributed by atoms with Crippen molar-refractivity contribution < 1.29 is 35.4 Å². The molecule has 1 N–H and O–H groups in total. The van der Waals surface area contributed by atoms with Crippen molar-refractivity contribution >= 4 is 38.2 Å². The van der Waals surface area contributed by atoms with E-state index < -0.39 is 32.0 Å². The largest absolute Gasteiger partial charge is 0.534 e. The molecule has 35 heavy (non-hydrogen) atoms. The first-order valence-corrected chi connectivity index (χ1v) is 11.0. The zero-order valence-electron chi connectivity index (χ0n) is 17.3. The third-order valence-corrected chi connectivity index (χ3v) is 5.46. The average Bonchev–Trinajstić information content (AvgIpc) is 2.79. The molecule has 0 bridgehead atoms. The van der Waals surface area contributed by atoms with E-state index in [1.54, 1.807) is 36.4 Å². The van der Waals surface area contributed by atoms with Crippen LogP contribution in [0, 0.1) is 10.1 Å². The minimum absolute atomic E-state index is 0.0422. The van der Waals surface area contributed by atoms with Gasteiger partial charge in [0.05, 0.1) is 15.8 Å². The normalized spacial score (nSPS) is 11.7. The summed E-state index contributed by atoms with van der Waals surface area (Å²) in [4.78, 5) is 18.2. The van der Waals surface area contributed by atoms with Crippen molar-refractivity contribution in [3.63, 3.8) is 0 Å². The number of hydrogen-bond acceptors (Lipinski definition) is 9. The molecule has 1 heterocycles. The topological polar surface area (TPSA) is 134 Å². The molecule has 0 amide bonds. The molecule has 4 rings (SSSR count). The Kier molecular flexibility index (Phi) is 6.13. The Hall–Kier alpha value is -4.46. The molecule has 0 aliphatic rings. The van der Waals surface area contributed by atoms with Gasteiger partial charge in [-0.25, -0.2) is 9.97 Å². The summed E-state index contributed by atoms with van der Waals surface area (Å²) in [6, 6.07) is 17.2. The van der Waals surface area contributed by atoms with Gasteiger partial charge in [-0.05, 0) is 36.4 Å². The van der Waals surface area contributed by atoms with Crippen LogP contribution >= 0.6 is 0 Å². The molecule has 0 radical (unpaired) electrons. The first kappa shape index (κ1) is 23.7. The number of nitro groups is 1. The highest BCUT2D eigenvalue weighted by atomic mass is 32.2. The Labute approximate surface area is 195 Å². The Bertz CT molecular complexity index is 1500. The highest BCUT2D eigenvalue weighted by molar-refractivity contribution is 7.88. The van der Waals surface area contributed by atoms with Crippen LogP contribution in [0.2, 0.25) is 0 Å². The van der Waals surface area contributed by atoms with Crippen molar-refractivity contribution in [1.82, 2.24) is 9.97 Å². The number of aromatic nitrogens is 2. The Morgan fingerprint density at radius 1 is 0.943 bits per heavy atom. The summed E-state index contributed by atoms with van der Waals surface area (Å²) in [6.07, 6.45) is 1.05. The van der Waals surface area contributed by atoms with Crippen molar-refractivity contribution in [3.8, 4) is 17.2 Å². The lowest BCUT2D eigenvalue weighted by molar-refractivity contribution is -0.385. The SMILES string of the molecule is O=[N+]([O-])c1cc2c(Nc3ccc(Oc4ccccc4)cc3)ncnc2cc1OS(=O)(=O)C(F)(F)F. The molecule has 0 unspecified atom stereocenters. The molecule has 4 aromatic rings. The van der Waals surface area contributed by atoms with Crippen molar-refractivity contribution in [3.05, 3.63) is 83.2 Å². The van der Waals surface area contributed by atoms with Gasteiger partial charge >= 0.3 is 21.3 Å². The second-order valence-corrected chi connectivity index (χ2v) is 8.40. The van der Waals surface area contributed by atoms with E-state index in [9.17, 15) is 31.7 Å². The van der Waals surface area contributed by atoms with E-state index in [4.69, 9.17) is 4.74 Å². The van der Waals surface area contributed by atoms with E-state index in [0.717, 1.165) is 18.5 Å². The number of benzene rings is 3. The predicted molar refractivity (Wildman–Crippen MR) is 118 cm³/mol. The number of nitro benzene ring substituents is 1. The Morgan fingerprint density at radius 3 is 2.23 bits per heavy atom. The van der Waals surface area contributed by atoms with Gasteiger partial charge in [0.2, 0.25) is 5.75 Å². The van der Waals surface area contributed by atoms with Gasteiger partial charge in [0, 0.05) is 17.8 Å². The average molecular weight is 506 g/mol.